The lowest BCUT2D eigenvalue weighted by Crippen LogP contribution is -2.47. The molecule has 0 aliphatic heterocycles. The Morgan fingerprint density at radius 2 is 1.40 bits per heavy atom. The Labute approximate surface area is 149 Å². The molecule has 0 saturated heterocycles. The predicted octanol–water partition coefficient (Wildman–Crippen LogP) is 4.00. The molecule has 4 heteroatoms. The Morgan fingerprint density at radius 1 is 0.840 bits per heavy atom. The monoisotopic (exact) mass is 338 g/mol. The Morgan fingerprint density at radius 3 is 1.92 bits per heavy atom. The number of rotatable bonds is 5. The van der Waals surface area contributed by atoms with E-state index in [0.29, 0.717) is 5.56 Å². The third kappa shape index (κ3) is 5.18. The fourth-order valence-electron chi connectivity index (χ4n) is 2.73. The minimum absolute atomic E-state index is 0.0275. The normalized spacial score (nSPS) is 11.9. The van der Waals surface area contributed by atoms with Gasteiger partial charge in [-0.05, 0) is 62.1 Å². The second-order valence-electron chi connectivity index (χ2n) is 6.93. The maximum absolute atomic E-state index is 12.7. The van der Waals surface area contributed by atoms with E-state index in [2.05, 4.69) is 16.7 Å². The summed E-state index contributed by atoms with van der Waals surface area (Å²) >= 11 is 0. The SMILES string of the molecule is Cc1ccc(C(=O)N[C@@H](C(=O)Nc2cc(C)cc(C)c2)C(C)C)cc1. The zero-order valence-corrected chi connectivity index (χ0v) is 15.5. The molecule has 1 atom stereocenters. The molecule has 0 aliphatic rings. The number of amides is 2. The summed E-state index contributed by atoms with van der Waals surface area (Å²) in [6, 6.07) is 12.6. The van der Waals surface area contributed by atoms with Crippen LogP contribution in [0.15, 0.2) is 42.5 Å². The van der Waals surface area contributed by atoms with Crippen LogP contribution >= 0.6 is 0 Å². The second kappa shape index (κ2) is 7.97. The number of benzene rings is 2. The van der Waals surface area contributed by atoms with Crippen LogP contribution in [0, 0.1) is 26.7 Å². The van der Waals surface area contributed by atoms with Crippen LogP contribution in [0.2, 0.25) is 0 Å². The molecule has 0 aromatic heterocycles. The standard InChI is InChI=1S/C21H26N2O2/c1-13(2)19(23-20(24)17-8-6-14(3)7-9-17)21(25)22-18-11-15(4)10-16(5)12-18/h6-13,19H,1-5H3,(H,22,25)(H,23,24)/t19-/m1/s1. The van der Waals surface area contributed by atoms with E-state index < -0.39 is 6.04 Å². The topological polar surface area (TPSA) is 58.2 Å². The second-order valence-corrected chi connectivity index (χ2v) is 6.93. The molecule has 0 radical (unpaired) electrons. The molecule has 25 heavy (non-hydrogen) atoms. The molecular formula is C21H26N2O2. The van der Waals surface area contributed by atoms with Gasteiger partial charge in [-0.1, -0.05) is 37.6 Å². The largest absolute Gasteiger partial charge is 0.340 e. The Hall–Kier alpha value is -2.62. The molecule has 0 bridgehead atoms. The predicted molar refractivity (Wildman–Crippen MR) is 102 cm³/mol. The number of hydrogen-bond donors (Lipinski definition) is 2. The van der Waals surface area contributed by atoms with Crippen molar-refractivity contribution in [2.75, 3.05) is 5.32 Å². The van der Waals surface area contributed by atoms with E-state index in [1.807, 2.05) is 58.9 Å². The zero-order valence-electron chi connectivity index (χ0n) is 15.5. The summed E-state index contributed by atoms with van der Waals surface area (Å²) in [7, 11) is 0. The van der Waals surface area contributed by atoms with Crippen molar-refractivity contribution in [2.24, 2.45) is 5.92 Å². The number of carbonyl (C=O) groups is 2. The summed E-state index contributed by atoms with van der Waals surface area (Å²) in [5.74, 6) is -0.477. The van der Waals surface area contributed by atoms with E-state index in [9.17, 15) is 9.59 Å². The summed E-state index contributed by atoms with van der Waals surface area (Å²) < 4.78 is 0. The minimum atomic E-state index is -0.602. The third-order valence-corrected chi connectivity index (χ3v) is 4.04. The van der Waals surface area contributed by atoms with Gasteiger partial charge in [0.2, 0.25) is 5.91 Å². The van der Waals surface area contributed by atoms with Crippen molar-refractivity contribution < 1.29 is 9.59 Å². The smallest absolute Gasteiger partial charge is 0.251 e. The first-order chi connectivity index (χ1) is 11.8. The lowest BCUT2D eigenvalue weighted by atomic mass is 10.0. The number of aryl methyl sites for hydroxylation is 3. The molecule has 132 valence electrons. The van der Waals surface area contributed by atoms with Crippen molar-refractivity contribution >= 4 is 17.5 Å². The number of hydrogen-bond acceptors (Lipinski definition) is 2. The molecule has 2 N–H and O–H groups in total. The van der Waals surface area contributed by atoms with Gasteiger partial charge in [-0.3, -0.25) is 9.59 Å². The van der Waals surface area contributed by atoms with E-state index in [0.717, 1.165) is 22.4 Å². The van der Waals surface area contributed by atoms with Crippen LogP contribution < -0.4 is 10.6 Å². The van der Waals surface area contributed by atoms with E-state index >= 15 is 0 Å². The molecule has 2 amide bonds. The molecule has 4 nitrogen and oxygen atoms in total. The van der Waals surface area contributed by atoms with Gasteiger partial charge in [0, 0.05) is 11.3 Å². The van der Waals surface area contributed by atoms with Crippen LogP contribution in [0.5, 0.6) is 0 Å². The van der Waals surface area contributed by atoms with Gasteiger partial charge in [-0.25, -0.2) is 0 Å². The van der Waals surface area contributed by atoms with Crippen molar-refractivity contribution in [1.29, 1.82) is 0 Å². The molecule has 0 fully saturated rings. The molecule has 0 heterocycles. The highest BCUT2D eigenvalue weighted by molar-refractivity contribution is 6.01. The molecule has 2 rings (SSSR count). The average molecular weight is 338 g/mol. The molecular weight excluding hydrogens is 312 g/mol. The lowest BCUT2D eigenvalue weighted by Gasteiger charge is -2.22. The van der Waals surface area contributed by atoms with Crippen LogP contribution in [0.25, 0.3) is 0 Å². The quantitative estimate of drug-likeness (QED) is 0.865. The van der Waals surface area contributed by atoms with E-state index in [-0.39, 0.29) is 17.7 Å². The van der Waals surface area contributed by atoms with E-state index in [1.165, 1.54) is 0 Å². The van der Waals surface area contributed by atoms with Gasteiger partial charge in [0.15, 0.2) is 0 Å². The highest BCUT2D eigenvalue weighted by atomic mass is 16.2. The van der Waals surface area contributed by atoms with Crippen molar-refractivity contribution in [3.05, 3.63) is 64.7 Å². The fraction of sp³-hybridized carbons (Fsp3) is 0.333. The van der Waals surface area contributed by atoms with Gasteiger partial charge in [0.05, 0.1) is 0 Å². The van der Waals surface area contributed by atoms with Crippen LogP contribution in [-0.2, 0) is 4.79 Å². The first kappa shape index (κ1) is 18.7. The summed E-state index contributed by atoms with van der Waals surface area (Å²) in [6.45, 7) is 9.78. The number of anilines is 1. The molecule has 2 aromatic carbocycles. The maximum Gasteiger partial charge on any atom is 0.251 e. The summed E-state index contributed by atoms with van der Waals surface area (Å²) in [4.78, 5) is 25.1. The summed E-state index contributed by atoms with van der Waals surface area (Å²) in [6.07, 6.45) is 0. The minimum Gasteiger partial charge on any atom is -0.340 e. The molecule has 0 unspecified atom stereocenters. The highest BCUT2D eigenvalue weighted by Crippen LogP contribution is 2.15. The van der Waals surface area contributed by atoms with E-state index in [1.54, 1.807) is 12.1 Å². The first-order valence-corrected chi connectivity index (χ1v) is 8.53. The van der Waals surface area contributed by atoms with Gasteiger partial charge in [0.25, 0.3) is 5.91 Å². The first-order valence-electron chi connectivity index (χ1n) is 8.53. The summed E-state index contributed by atoms with van der Waals surface area (Å²) in [5.41, 5.74) is 4.55. The average Bonchev–Trinajstić information content (AvgIpc) is 2.51. The van der Waals surface area contributed by atoms with E-state index in [4.69, 9.17) is 0 Å². The number of carbonyl (C=O) groups excluding carboxylic acids is 2. The fourth-order valence-corrected chi connectivity index (χ4v) is 2.73. The van der Waals surface area contributed by atoms with Crippen molar-refractivity contribution in [2.45, 2.75) is 40.7 Å². The third-order valence-electron chi connectivity index (χ3n) is 4.04. The Bertz CT molecular complexity index is 744. The number of nitrogens with one attached hydrogen (secondary N) is 2. The molecule has 0 aliphatic carbocycles. The molecule has 0 saturated carbocycles. The Kier molecular flexibility index (Phi) is 5.97. The van der Waals surface area contributed by atoms with Crippen molar-refractivity contribution in [3.63, 3.8) is 0 Å². The zero-order chi connectivity index (χ0) is 18.6. The van der Waals surface area contributed by atoms with Gasteiger partial charge in [-0.15, -0.1) is 0 Å². The Balaban J connectivity index is 2.12. The van der Waals surface area contributed by atoms with Crippen LogP contribution in [0.3, 0.4) is 0 Å². The van der Waals surface area contributed by atoms with Crippen LogP contribution in [0.4, 0.5) is 5.69 Å². The van der Waals surface area contributed by atoms with Gasteiger partial charge >= 0.3 is 0 Å². The van der Waals surface area contributed by atoms with Gasteiger partial charge < -0.3 is 10.6 Å². The molecule has 2 aromatic rings. The van der Waals surface area contributed by atoms with Crippen LogP contribution in [-0.4, -0.2) is 17.9 Å². The molecule has 0 spiro atoms. The van der Waals surface area contributed by atoms with Crippen molar-refractivity contribution in [3.8, 4) is 0 Å². The highest BCUT2D eigenvalue weighted by Gasteiger charge is 2.24. The van der Waals surface area contributed by atoms with Gasteiger partial charge in [0.1, 0.15) is 6.04 Å². The van der Waals surface area contributed by atoms with Crippen molar-refractivity contribution in [1.82, 2.24) is 5.32 Å². The van der Waals surface area contributed by atoms with Gasteiger partial charge in [-0.2, -0.15) is 0 Å². The van der Waals surface area contributed by atoms with Crippen LogP contribution in [0.1, 0.15) is 40.9 Å². The lowest BCUT2D eigenvalue weighted by molar-refractivity contribution is -0.118. The summed E-state index contributed by atoms with van der Waals surface area (Å²) in [5, 5.41) is 5.77. The maximum atomic E-state index is 12.7.